The molecule has 0 saturated carbocycles. The summed E-state index contributed by atoms with van der Waals surface area (Å²) in [5, 5.41) is 15.5. The summed E-state index contributed by atoms with van der Waals surface area (Å²) in [5.74, 6) is 3.16. The van der Waals surface area contributed by atoms with Gasteiger partial charge in [0.05, 0.1) is 6.54 Å². The number of rotatable bonds is 6. The first-order chi connectivity index (χ1) is 12.3. The van der Waals surface area contributed by atoms with Crippen LogP contribution < -0.4 is 10.6 Å². The van der Waals surface area contributed by atoms with Crippen LogP contribution in [0.5, 0.6) is 0 Å². The van der Waals surface area contributed by atoms with E-state index >= 15 is 0 Å². The molecule has 0 aliphatic carbocycles. The lowest BCUT2D eigenvalue weighted by Gasteiger charge is -2.11. The smallest absolute Gasteiger partial charge is 0.191 e. The van der Waals surface area contributed by atoms with Gasteiger partial charge >= 0.3 is 0 Å². The molecule has 6 nitrogen and oxygen atoms in total. The number of hydrogen-bond acceptors (Lipinski definition) is 4. The molecule has 0 spiro atoms. The maximum Gasteiger partial charge on any atom is 0.191 e. The van der Waals surface area contributed by atoms with Gasteiger partial charge in [-0.2, -0.15) is 0 Å². The average molecular weight is 361 g/mol. The highest BCUT2D eigenvalue weighted by Crippen LogP contribution is 2.15. The van der Waals surface area contributed by atoms with Crippen molar-refractivity contribution in [2.45, 2.75) is 58.5 Å². The van der Waals surface area contributed by atoms with Gasteiger partial charge in [-0.3, -0.25) is 4.99 Å². The van der Waals surface area contributed by atoms with E-state index in [4.69, 9.17) is 0 Å². The number of hydrogen-bond donors (Lipinski definition) is 2. The maximum atomic E-state index is 4.40. The summed E-state index contributed by atoms with van der Waals surface area (Å²) >= 11 is 1.82. The summed E-state index contributed by atoms with van der Waals surface area (Å²) < 4.78 is 2.33. The lowest BCUT2D eigenvalue weighted by molar-refractivity contribution is 0.594. The molecular weight excluding hydrogens is 332 g/mol. The predicted molar refractivity (Wildman–Crippen MR) is 103 cm³/mol. The summed E-state index contributed by atoms with van der Waals surface area (Å²) in [5.41, 5.74) is 0. The molecular formula is C18H28N6S. The first-order valence-corrected chi connectivity index (χ1v) is 9.98. The Hall–Kier alpha value is -1.89. The van der Waals surface area contributed by atoms with Crippen LogP contribution in [0.4, 0.5) is 0 Å². The van der Waals surface area contributed by atoms with Gasteiger partial charge in [0, 0.05) is 42.7 Å². The van der Waals surface area contributed by atoms with Crippen LogP contribution in [0.3, 0.4) is 0 Å². The molecule has 25 heavy (non-hydrogen) atoms. The van der Waals surface area contributed by atoms with Gasteiger partial charge in [-0.25, -0.2) is 0 Å². The number of thiophene rings is 1. The third-order valence-corrected chi connectivity index (χ3v) is 5.51. The standard InChI is InChI=1S/C18H28N6S/c1-14-9-10-15(25-14)13-21-18(19-2)20-11-6-8-17-23-22-16-7-4-3-5-12-24(16)17/h9-10H,3-8,11-13H2,1-2H3,(H2,19,20,21). The second-order valence-electron chi connectivity index (χ2n) is 6.46. The van der Waals surface area contributed by atoms with E-state index in [0.717, 1.165) is 50.7 Å². The molecule has 0 aromatic carbocycles. The van der Waals surface area contributed by atoms with Crippen LogP contribution in [-0.4, -0.2) is 34.3 Å². The van der Waals surface area contributed by atoms with Crippen LogP contribution in [0.25, 0.3) is 0 Å². The average Bonchev–Trinajstić information content (AvgIpc) is 3.12. The van der Waals surface area contributed by atoms with Crippen LogP contribution in [0.1, 0.15) is 47.1 Å². The molecule has 0 amide bonds. The lowest BCUT2D eigenvalue weighted by atomic mass is 10.2. The molecule has 3 heterocycles. The molecule has 2 aromatic heterocycles. The molecule has 7 heteroatoms. The molecule has 0 radical (unpaired) electrons. The number of aromatic nitrogens is 3. The van der Waals surface area contributed by atoms with Crippen molar-refractivity contribution in [3.63, 3.8) is 0 Å². The van der Waals surface area contributed by atoms with Gasteiger partial charge in [0.1, 0.15) is 11.6 Å². The van der Waals surface area contributed by atoms with E-state index in [0.29, 0.717) is 0 Å². The SMILES string of the molecule is CN=C(NCCCc1nnc2n1CCCCC2)NCc1ccc(C)s1. The largest absolute Gasteiger partial charge is 0.356 e. The summed E-state index contributed by atoms with van der Waals surface area (Å²) in [6, 6.07) is 4.32. The van der Waals surface area contributed by atoms with Gasteiger partial charge < -0.3 is 15.2 Å². The second-order valence-corrected chi connectivity index (χ2v) is 7.84. The van der Waals surface area contributed by atoms with E-state index in [1.807, 2.05) is 18.4 Å². The van der Waals surface area contributed by atoms with Gasteiger partial charge in [-0.1, -0.05) is 6.42 Å². The second kappa shape index (κ2) is 8.99. The molecule has 3 rings (SSSR count). The Morgan fingerprint density at radius 2 is 2.16 bits per heavy atom. The van der Waals surface area contributed by atoms with E-state index < -0.39 is 0 Å². The Balaban J connectivity index is 1.40. The summed E-state index contributed by atoms with van der Waals surface area (Å²) in [6.45, 7) is 4.90. The highest BCUT2D eigenvalue weighted by molar-refractivity contribution is 7.11. The van der Waals surface area contributed by atoms with E-state index in [2.05, 4.69) is 49.4 Å². The van der Waals surface area contributed by atoms with Crippen molar-refractivity contribution in [2.75, 3.05) is 13.6 Å². The number of nitrogens with one attached hydrogen (secondary N) is 2. The van der Waals surface area contributed by atoms with E-state index in [1.165, 1.54) is 34.8 Å². The molecule has 1 aliphatic heterocycles. The first kappa shape index (κ1) is 17.9. The number of guanidine groups is 1. The molecule has 0 unspecified atom stereocenters. The maximum absolute atomic E-state index is 4.40. The summed E-state index contributed by atoms with van der Waals surface area (Å²) in [7, 11) is 1.81. The van der Waals surface area contributed by atoms with Gasteiger partial charge in [0.15, 0.2) is 5.96 Å². The Kier molecular flexibility index (Phi) is 6.44. The molecule has 136 valence electrons. The zero-order chi connectivity index (χ0) is 17.5. The highest BCUT2D eigenvalue weighted by atomic mass is 32.1. The minimum absolute atomic E-state index is 0.815. The zero-order valence-electron chi connectivity index (χ0n) is 15.2. The summed E-state index contributed by atoms with van der Waals surface area (Å²) in [6.07, 6.45) is 6.85. The van der Waals surface area contributed by atoms with Crippen LogP contribution in [0, 0.1) is 6.92 Å². The van der Waals surface area contributed by atoms with Crippen LogP contribution >= 0.6 is 11.3 Å². The number of nitrogens with zero attached hydrogens (tertiary/aromatic N) is 4. The molecule has 0 atom stereocenters. The topological polar surface area (TPSA) is 67.1 Å². The highest BCUT2D eigenvalue weighted by Gasteiger charge is 2.14. The van der Waals surface area contributed by atoms with Crippen molar-refractivity contribution in [3.8, 4) is 0 Å². The number of aryl methyl sites for hydroxylation is 3. The monoisotopic (exact) mass is 360 g/mol. The molecule has 1 aliphatic rings. The Morgan fingerprint density at radius 1 is 1.24 bits per heavy atom. The van der Waals surface area contributed by atoms with E-state index in [1.54, 1.807) is 0 Å². The van der Waals surface area contributed by atoms with E-state index in [-0.39, 0.29) is 0 Å². The van der Waals surface area contributed by atoms with Crippen molar-refractivity contribution in [1.82, 2.24) is 25.4 Å². The van der Waals surface area contributed by atoms with Gasteiger partial charge in [0.25, 0.3) is 0 Å². The fourth-order valence-electron chi connectivity index (χ4n) is 3.16. The van der Waals surface area contributed by atoms with Gasteiger partial charge in [-0.15, -0.1) is 21.5 Å². The molecule has 2 aromatic rings. The van der Waals surface area contributed by atoms with Crippen LogP contribution in [-0.2, 0) is 25.9 Å². The third-order valence-electron chi connectivity index (χ3n) is 4.51. The molecule has 0 fully saturated rings. The zero-order valence-corrected chi connectivity index (χ0v) is 16.0. The van der Waals surface area contributed by atoms with E-state index in [9.17, 15) is 0 Å². The fourth-order valence-corrected chi connectivity index (χ4v) is 3.99. The predicted octanol–water partition coefficient (Wildman–Crippen LogP) is 2.67. The van der Waals surface area contributed by atoms with Crippen molar-refractivity contribution in [2.24, 2.45) is 4.99 Å². The van der Waals surface area contributed by atoms with Crippen molar-refractivity contribution in [3.05, 3.63) is 33.5 Å². The van der Waals surface area contributed by atoms with Crippen molar-refractivity contribution >= 4 is 17.3 Å². The minimum atomic E-state index is 0.815. The lowest BCUT2D eigenvalue weighted by Crippen LogP contribution is -2.37. The van der Waals surface area contributed by atoms with Gasteiger partial charge in [-0.05, 0) is 38.3 Å². The number of aliphatic imine (C=N–C) groups is 1. The van der Waals surface area contributed by atoms with Crippen LogP contribution in [0.2, 0.25) is 0 Å². The number of fused-ring (bicyclic) bond motifs is 1. The van der Waals surface area contributed by atoms with Crippen molar-refractivity contribution in [1.29, 1.82) is 0 Å². The Labute approximate surface area is 153 Å². The molecule has 2 N–H and O–H groups in total. The molecule has 0 saturated heterocycles. The first-order valence-electron chi connectivity index (χ1n) is 9.17. The van der Waals surface area contributed by atoms with Gasteiger partial charge in [0.2, 0.25) is 0 Å². The van der Waals surface area contributed by atoms with Crippen LogP contribution in [0.15, 0.2) is 17.1 Å². The summed E-state index contributed by atoms with van der Waals surface area (Å²) in [4.78, 5) is 6.96. The quantitative estimate of drug-likeness (QED) is 0.472. The molecule has 0 bridgehead atoms. The minimum Gasteiger partial charge on any atom is -0.356 e. The van der Waals surface area contributed by atoms with Crippen molar-refractivity contribution < 1.29 is 0 Å². The fraction of sp³-hybridized carbons (Fsp3) is 0.611. The third kappa shape index (κ3) is 5.04. The Morgan fingerprint density at radius 3 is 2.96 bits per heavy atom. The normalized spacial score (nSPS) is 14.9. The Bertz CT molecular complexity index is 702.